The van der Waals surface area contributed by atoms with E-state index >= 15 is 0 Å². The molecule has 0 saturated carbocycles. The highest BCUT2D eigenvalue weighted by Crippen LogP contribution is 2.13. The highest BCUT2D eigenvalue weighted by molar-refractivity contribution is 5.74. The van der Waals surface area contributed by atoms with E-state index in [0.29, 0.717) is 6.54 Å². The van der Waals surface area contributed by atoms with Gasteiger partial charge in [-0.1, -0.05) is 26.8 Å². The number of aliphatic carboxylic acids is 2. The predicted molar refractivity (Wildman–Crippen MR) is 64.8 cm³/mol. The summed E-state index contributed by atoms with van der Waals surface area (Å²) in [5.74, 6) is -2.55. The highest BCUT2D eigenvalue weighted by Gasteiger charge is 2.30. The number of carboxylic acids is 2. The van der Waals surface area contributed by atoms with Gasteiger partial charge >= 0.3 is 11.9 Å². The average Bonchev–Trinajstić information content (AvgIpc) is 2.16. The molecule has 0 fully saturated rings. The van der Waals surface area contributed by atoms with Crippen LogP contribution in [0.15, 0.2) is 12.7 Å². The van der Waals surface area contributed by atoms with E-state index in [2.05, 4.69) is 6.58 Å². The average molecular weight is 243 g/mol. The van der Waals surface area contributed by atoms with Crippen molar-refractivity contribution in [2.45, 2.75) is 26.8 Å². The fourth-order valence-electron chi connectivity index (χ4n) is 1.76. The van der Waals surface area contributed by atoms with Crippen LogP contribution in [0, 0.1) is 11.8 Å². The molecule has 0 aromatic rings. The lowest BCUT2D eigenvalue weighted by molar-refractivity contribution is -0.148. The minimum absolute atomic E-state index is 0.0894. The molecule has 2 atom stereocenters. The van der Waals surface area contributed by atoms with Crippen molar-refractivity contribution < 1.29 is 19.8 Å². The van der Waals surface area contributed by atoms with Crippen LogP contribution in [-0.4, -0.2) is 46.2 Å². The molecule has 5 heteroatoms. The maximum absolute atomic E-state index is 11.2. The van der Waals surface area contributed by atoms with Crippen LogP contribution in [0.3, 0.4) is 0 Å². The van der Waals surface area contributed by atoms with Crippen molar-refractivity contribution in [3.63, 3.8) is 0 Å². The third-order valence-electron chi connectivity index (χ3n) is 2.57. The van der Waals surface area contributed by atoms with Crippen molar-refractivity contribution in [1.29, 1.82) is 0 Å². The summed E-state index contributed by atoms with van der Waals surface area (Å²) in [6, 6.07) is -0.685. The lowest BCUT2D eigenvalue weighted by Gasteiger charge is -2.31. The van der Waals surface area contributed by atoms with Gasteiger partial charge in [0.25, 0.3) is 0 Å². The molecule has 0 aliphatic carbocycles. The summed E-state index contributed by atoms with van der Waals surface area (Å²) in [4.78, 5) is 23.6. The van der Waals surface area contributed by atoms with Gasteiger partial charge in [0, 0.05) is 13.1 Å². The van der Waals surface area contributed by atoms with Gasteiger partial charge in [-0.05, 0) is 5.92 Å². The van der Waals surface area contributed by atoms with Crippen LogP contribution in [0.4, 0.5) is 0 Å². The van der Waals surface area contributed by atoms with Gasteiger partial charge < -0.3 is 10.2 Å². The molecule has 0 aromatic heterocycles. The van der Waals surface area contributed by atoms with Crippen LogP contribution in [0.1, 0.15) is 20.8 Å². The van der Waals surface area contributed by atoms with E-state index in [1.807, 2.05) is 0 Å². The van der Waals surface area contributed by atoms with Gasteiger partial charge in [-0.25, -0.2) is 0 Å². The largest absolute Gasteiger partial charge is 0.481 e. The third-order valence-corrected chi connectivity index (χ3v) is 2.57. The molecule has 0 aliphatic rings. The van der Waals surface area contributed by atoms with Crippen LogP contribution < -0.4 is 0 Å². The van der Waals surface area contributed by atoms with E-state index in [1.165, 1.54) is 0 Å². The van der Waals surface area contributed by atoms with Crippen molar-refractivity contribution in [3.8, 4) is 0 Å². The zero-order valence-corrected chi connectivity index (χ0v) is 10.6. The van der Waals surface area contributed by atoms with Gasteiger partial charge in [0.1, 0.15) is 6.04 Å². The summed E-state index contributed by atoms with van der Waals surface area (Å²) >= 11 is 0. The highest BCUT2D eigenvalue weighted by atomic mass is 16.4. The first-order valence-corrected chi connectivity index (χ1v) is 5.61. The Balaban J connectivity index is 4.85. The molecule has 0 bridgehead atoms. The predicted octanol–water partition coefficient (Wildman–Crippen LogP) is 1.30. The van der Waals surface area contributed by atoms with Gasteiger partial charge in [-0.15, -0.1) is 6.58 Å². The molecule has 0 radical (unpaired) electrons. The molecule has 2 unspecified atom stereocenters. The Morgan fingerprint density at radius 2 is 1.76 bits per heavy atom. The van der Waals surface area contributed by atoms with E-state index in [9.17, 15) is 9.59 Å². The Labute approximate surface area is 102 Å². The van der Waals surface area contributed by atoms with E-state index in [-0.39, 0.29) is 12.5 Å². The van der Waals surface area contributed by atoms with Crippen molar-refractivity contribution in [1.82, 2.24) is 4.90 Å². The van der Waals surface area contributed by atoms with E-state index in [4.69, 9.17) is 10.2 Å². The second-order valence-corrected chi connectivity index (χ2v) is 4.51. The monoisotopic (exact) mass is 243 g/mol. The summed E-state index contributed by atoms with van der Waals surface area (Å²) in [6.07, 6.45) is 1.59. The molecule has 0 rings (SSSR count). The fraction of sp³-hybridized carbons (Fsp3) is 0.667. The lowest BCUT2D eigenvalue weighted by atomic mass is 10.0. The molecule has 2 N–H and O–H groups in total. The Kier molecular flexibility index (Phi) is 6.50. The Hall–Kier alpha value is -1.36. The summed E-state index contributed by atoms with van der Waals surface area (Å²) in [5.41, 5.74) is 0. The van der Waals surface area contributed by atoms with Crippen molar-refractivity contribution in [2.75, 3.05) is 13.1 Å². The zero-order chi connectivity index (χ0) is 13.6. The van der Waals surface area contributed by atoms with Crippen LogP contribution in [-0.2, 0) is 9.59 Å². The van der Waals surface area contributed by atoms with Gasteiger partial charge in [0.15, 0.2) is 0 Å². The molecule has 5 nitrogen and oxygen atoms in total. The van der Waals surface area contributed by atoms with Crippen LogP contribution in [0.5, 0.6) is 0 Å². The molecule has 0 amide bonds. The number of carbonyl (C=O) groups is 2. The smallest absolute Gasteiger partial charge is 0.321 e. The van der Waals surface area contributed by atoms with Gasteiger partial charge in [0.05, 0.1) is 5.92 Å². The van der Waals surface area contributed by atoms with Crippen LogP contribution >= 0.6 is 0 Å². The number of hydrogen-bond donors (Lipinski definition) is 2. The normalized spacial score (nSPS) is 14.6. The van der Waals surface area contributed by atoms with Crippen molar-refractivity contribution >= 4 is 11.9 Å². The number of hydrogen-bond acceptors (Lipinski definition) is 3. The lowest BCUT2D eigenvalue weighted by Crippen LogP contribution is -2.47. The molecule has 98 valence electrons. The molecule has 0 heterocycles. The minimum Gasteiger partial charge on any atom is -0.481 e. The topological polar surface area (TPSA) is 77.8 Å². The Morgan fingerprint density at radius 3 is 2.06 bits per heavy atom. The first-order chi connectivity index (χ1) is 7.81. The van der Waals surface area contributed by atoms with E-state index in [0.717, 1.165) is 0 Å². The van der Waals surface area contributed by atoms with Crippen molar-refractivity contribution in [3.05, 3.63) is 12.7 Å². The van der Waals surface area contributed by atoms with Crippen LogP contribution in [0.2, 0.25) is 0 Å². The first kappa shape index (κ1) is 15.6. The number of rotatable bonds is 8. The fourth-order valence-corrected chi connectivity index (χ4v) is 1.76. The third kappa shape index (κ3) is 4.99. The molecular weight excluding hydrogens is 222 g/mol. The van der Waals surface area contributed by atoms with E-state index < -0.39 is 23.9 Å². The molecular formula is C12H21NO4. The summed E-state index contributed by atoms with van der Waals surface area (Å²) in [5, 5.41) is 18.0. The zero-order valence-electron chi connectivity index (χ0n) is 10.6. The maximum Gasteiger partial charge on any atom is 0.321 e. The molecule has 0 aromatic carbocycles. The Bertz CT molecular complexity index is 288. The number of carboxylic acid groups (broad SMARTS) is 2. The van der Waals surface area contributed by atoms with E-state index in [1.54, 1.807) is 31.7 Å². The standard InChI is InChI=1S/C12H21NO4/c1-5-6-13(7-9(4)11(14)15)10(8(2)3)12(16)17/h5,8-10H,1,6-7H2,2-4H3,(H,14,15)(H,16,17). The quantitative estimate of drug-likeness (QED) is 0.628. The second kappa shape index (κ2) is 7.06. The van der Waals surface area contributed by atoms with Crippen LogP contribution in [0.25, 0.3) is 0 Å². The summed E-state index contributed by atoms with van der Waals surface area (Å²) in [6.45, 7) is 9.32. The molecule has 17 heavy (non-hydrogen) atoms. The minimum atomic E-state index is -0.931. The maximum atomic E-state index is 11.2. The second-order valence-electron chi connectivity index (χ2n) is 4.51. The Morgan fingerprint density at radius 1 is 1.24 bits per heavy atom. The van der Waals surface area contributed by atoms with Gasteiger partial charge in [-0.2, -0.15) is 0 Å². The summed E-state index contributed by atoms with van der Waals surface area (Å²) < 4.78 is 0. The number of nitrogens with zero attached hydrogens (tertiary/aromatic N) is 1. The molecule has 0 aliphatic heterocycles. The SMILES string of the molecule is C=CCN(CC(C)C(=O)O)C(C(=O)O)C(C)C. The van der Waals surface area contributed by atoms with Crippen molar-refractivity contribution in [2.24, 2.45) is 11.8 Å². The molecule has 0 spiro atoms. The molecule has 0 saturated heterocycles. The van der Waals surface area contributed by atoms with Gasteiger partial charge in [0.2, 0.25) is 0 Å². The first-order valence-electron chi connectivity index (χ1n) is 5.61. The van der Waals surface area contributed by atoms with Gasteiger partial charge in [-0.3, -0.25) is 14.5 Å². The summed E-state index contributed by atoms with van der Waals surface area (Å²) in [7, 11) is 0.